The van der Waals surface area contributed by atoms with Crippen molar-refractivity contribution >= 4 is 38.3 Å². The minimum Gasteiger partial charge on any atom is -0.345 e. The van der Waals surface area contributed by atoms with Crippen molar-refractivity contribution in [2.75, 3.05) is 37.6 Å². The van der Waals surface area contributed by atoms with E-state index in [1.54, 1.807) is 11.3 Å². The Labute approximate surface area is 116 Å². The average molecular weight is 282 g/mol. The molecule has 1 aliphatic heterocycles. The maximum absolute atomic E-state index is 6.01. The molecule has 3 rings (SSSR count). The monoisotopic (exact) mass is 281 g/mol. The number of aromatic nitrogens is 1. The predicted octanol–water partition coefficient (Wildman–Crippen LogP) is 3.09. The Hall–Kier alpha value is -0.840. The summed E-state index contributed by atoms with van der Waals surface area (Å²) < 4.78 is 1.18. The van der Waals surface area contributed by atoms with Crippen LogP contribution in [0.3, 0.4) is 0 Å². The van der Waals surface area contributed by atoms with Crippen LogP contribution < -0.4 is 4.90 Å². The smallest absolute Gasteiger partial charge is 0.186 e. The highest BCUT2D eigenvalue weighted by molar-refractivity contribution is 7.22. The minimum atomic E-state index is 0.786. The molecule has 0 atom stereocenters. The number of thiazole rings is 1. The summed E-state index contributed by atoms with van der Waals surface area (Å²) in [6, 6.07) is 5.91. The van der Waals surface area contributed by atoms with Crippen LogP contribution in [0.2, 0.25) is 5.02 Å². The summed E-state index contributed by atoms with van der Waals surface area (Å²) in [6.45, 7) is 7.77. The highest BCUT2D eigenvalue weighted by Gasteiger charge is 2.18. The van der Waals surface area contributed by atoms with Crippen LogP contribution in [0, 0.1) is 0 Å². The maximum atomic E-state index is 6.01. The van der Waals surface area contributed by atoms with Gasteiger partial charge >= 0.3 is 0 Å². The second-order valence-electron chi connectivity index (χ2n) is 4.53. The normalized spacial score (nSPS) is 17.6. The van der Waals surface area contributed by atoms with E-state index in [0.717, 1.165) is 48.4 Å². The molecule has 2 aromatic rings. The zero-order valence-electron chi connectivity index (χ0n) is 10.4. The lowest BCUT2D eigenvalue weighted by molar-refractivity contribution is 0.271. The molecule has 2 heterocycles. The number of likely N-dealkylation sites (N-methyl/N-ethyl adjacent to an activating group) is 1. The molecule has 3 nitrogen and oxygen atoms in total. The molecule has 1 aliphatic rings. The molecule has 18 heavy (non-hydrogen) atoms. The van der Waals surface area contributed by atoms with Gasteiger partial charge in [0.1, 0.15) is 0 Å². The summed E-state index contributed by atoms with van der Waals surface area (Å²) in [7, 11) is 0. The molecule has 1 aromatic heterocycles. The Bertz CT molecular complexity index is 546. The van der Waals surface area contributed by atoms with Crippen molar-refractivity contribution in [2.24, 2.45) is 0 Å². The summed E-state index contributed by atoms with van der Waals surface area (Å²) in [5, 5.41) is 1.91. The molecule has 96 valence electrons. The number of benzene rings is 1. The van der Waals surface area contributed by atoms with Gasteiger partial charge in [0.2, 0.25) is 0 Å². The second-order valence-corrected chi connectivity index (χ2v) is 5.98. The van der Waals surface area contributed by atoms with Crippen LogP contribution in [0.1, 0.15) is 6.92 Å². The third kappa shape index (κ3) is 2.32. The van der Waals surface area contributed by atoms with Gasteiger partial charge in [0.05, 0.1) is 10.2 Å². The molecule has 0 spiro atoms. The molecule has 0 saturated carbocycles. The number of piperazine rings is 1. The van der Waals surface area contributed by atoms with Crippen LogP contribution >= 0.6 is 22.9 Å². The molecular formula is C13H16ClN3S. The fourth-order valence-corrected chi connectivity index (χ4v) is 3.57. The predicted molar refractivity (Wildman–Crippen MR) is 79.0 cm³/mol. The zero-order valence-corrected chi connectivity index (χ0v) is 12.0. The number of rotatable bonds is 2. The van der Waals surface area contributed by atoms with Gasteiger partial charge in [0.25, 0.3) is 0 Å². The van der Waals surface area contributed by atoms with Gasteiger partial charge in [-0.2, -0.15) is 0 Å². The van der Waals surface area contributed by atoms with Crippen LogP contribution in [0.4, 0.5) is 5.13 Å². The topological polar surface area (TPSA) is 19.4 Å². The number of hydrogen-bond donors (Lipinski definition) is 0. The molecule has 1 fully saturated rings. The fourth-order valence-electron chi connectivity index (χ4n) is 2.28. The standard InChI is InChI=1S/C13H16ClN3S/c1-2-16-5-7-17(8-6-16)13-15-11-4-3-10(14)9-12(11)18-13/h3-4,9H,2,5-8H2,1H3. The van der Waals surface area contributed by atoms with E-state index in [9.17, 15) is 0 Å². The molecule has 0 amide bonds. The third-order valence-corrected chi connectivity index (χ3v) is 4.74. The number of nitrogens with zero attached hydrogens (tertiary/aromatic N) is 3. The Morgan fingerprint density at radius 3 is 2.78 bits per heavy atom. The summed E-state index contributed by atoms with van der Waals surface area (Å²) >= 11 is 7.75. The molecule has 0 bridgehead atoms. The molecule has 0 aliphatic carbocycles. The van der Waals surface area contributed by atoms with Crippen molar-refractivity contribution in [2.45, 2.75) is 6.92 Å². The van der Waals surface area contributed by atoms with E-state index in [4.69, 9.17) is 16.6 Å². The van der Waals surface area contributed by atoms with Crippen molar-refractivity contribution < 1.29 is 0 Å². The van der Waals surface area contributed by atoms with Gasteiger partial charge in [0.15, 0.2) is 5.13 Å². The van der Waals surface area contributed by atoms with Crippen molar-refractivity contribution in [1.29, 1.82) is 0 Å². The van der Waals surface area contributed by atoms with Crippen molar-refractivity contribution in [3.63, 3.8) is 0 Å². The summed E-state index contributed by atoms with van der Waals surface area (Å²) in [5.41, 5.74) is 1.05. The van der Waals surface area contributed by atoms with Crippen LogP contribution in [0.15, 0.2) is 18.2 Å². The lowest BCUT2D eigenvalue weighted by Gasteiger charge is -2.33. The first kappa shape index (κ1) is 12.2. The zero-order chi connectivity index (χ0) is 12.5. The summed E-state index contributed by atoms with van der Waals surface area (Å²) in [4.78, 5) is 9.55. The Kier molecular flexibility index (Phi) is 3.41. The van der Waals surface area contributed by atoms with Crippen molar-refractivity contribution in [3.05, 3.63) is 23.2 Å². The van der Waals surface area contributed by atoms with Crippen LogP contribution in [-0.4, -0.2) is 42.6 Å². The van der Waals surface area contributed by atoms with E-state index < -0.39 is 0 Å². The first-order valence-electron chi connectivity index (χ1n) is 6.29. The number of anilines is 1. The van der Waals surface area contributed by atoms with Gasteiger partial charge < -0.3 is 9.80 Å². The Balaban J connectivity index is 1.82. The van der Waals surface area contributed by atoms with Crippen molar-refractivity contribution in [1.82, 2.24) is 9.88 Å². The highest BCUT2D eigenvalue weighted by Crippen LogP contribution is 2.31. The largest absolute Gasteiger partial charge is 0.345 e. The molecule has 5 heteroatoms. The fraction of sp³-hybridized carbons (Fsp3) is 0.462. The average Bonchev–Trinajstić information content (AvgIpc) is 2.81. The van der Waals surface area contributed by atoms with Gasteiger partial charge in [-0.3, -0.25) is 0 Å². The molecule has 1 aromatic carbocycles. The summed E-state index contributed by atoms with van der Waals surface area (Å²) in [5.74, 6) is 0. The first-order valence-corrected chi connectivity index (χ1v) is 7.49. The van der Waals surface area contributed by atoms with Gasteiger partial charge in [-0.1, -0.05) is 29.9 Å². The highest BCUT2D eigenvalue weighted by atomic mass is 35.5. The van der Waals surface area contributed by atoms with Crippen LogP contribution in [0.5, 0.6) is 0 Å². The second kappa shape index (κ2) is 5.03. The molecule has 1 saturated heterocycles. The summed E-state index contributed by atoms with van der Waals surface area (Å²) in [6.07, 6.45) is 0. The third-order valence-electron chi connectivity index (χ3n) is 3.43. The van der Waals surface area contributed by atoms with E-state index >= 15 is 0 Å². The lowest BCUT2D eigenvalue weighted by Crippen LogP contribution is -2.46. The van der Waals surface area contributed by atoms with E-state index in [0.29, 0.717) is 0 Å². The van der Waals surface area contributed by atoms with E-state index in [1.165, 1.54) is 4.70 Å². The SMILES string of the molecule is CCN1CCN(c2nc3ccc(Cl)cc3s2)CC1. The lowest BCUT2D eigenvalue weighted by atomic mass is 10.3. The molecule has 0 N–H and O–H groups in total. The Morgan fingerprint density at radius 1 is 1.28 bits per heavy atom. The number of hydrogen-bond acceptors (Lipinski definition) is 4. The van der Waals surface area contributed by atoms with Gasteiger partial charge in [-0.05, 0) is 24.7 Å². The van der Waals surface area contributed by atoms with Crippen LogP contribution in [-0.2, 0) is 0 Å². The quantitative estimate of drug-likeness (QED) is 0.843. The van der Waals surface area contributed by atoms with Crippen LogP contribution in [0.25, 0.3) is 10.2 Å². The number of halogens is 1. The van der Waals surface area contributed by atoms with Crippen molar-refractivity contribution in [3.8, 4) is 0 Å². The molecule has 0 unspecified atom stereocenters. The van der Waals surface area contributed by atoms with E-state index in [1.807, 2.05) is 18.2 Å². The first-order chi connectivity index (χ1) is 8.76. The van der Waals surface area contributed by atoms with Gasteiger partial charge in [0, 0.05) is 31.2 Å². The van der Waals surface area contributed by atoms with E-state index in [-0.39, 0.29) is 0 Å². The molecular weight excluding hydrogens is 266 g/mol. The molecule has 0 radical (unpaired) electrons. The van der Waals surface area contributed by atoms with E-state index in [2.05, 4.69) is 16.7 Å². The minimum absolute atomic E-state index is 0.786. The maximum Gasteiger partial charge on any atom is 0.186 e. The Morgan fingerprint density at radius 2 is 2.06 bits per heavy atom. The van der Waals surface area contributed by atoms with Gasteiger partial charge in [-0.25, -0.2) is 4.98 Å². The van der Waals surface area contributed by atoms with Gasteiger partial charge in [-0.15, -0.1) is 0 Å². The number of fused-ring (bicyclic) bond motifs is 1.